The molecule has 2 N–H and O–H groups in total. The van der Waals surface area contributed by atoms with E-state index in [9.17, 15) is 9.59 Å². The third-order valence-corrected chi connectivity index (χ3v) is 2.74. The zero-order valence-electron chi connectivity index (χ0n) is 12.8. The molecule has 0 saturated carbocycles. The van der Waals surface area contributed by atoms with Gasteiger partial charge in [0.25, 0.3) is 12.4 Å². The van der Waals surface area contributed by atoms with Crippen molar-refractivity contribution in [2.45, 2.75) is 38.8 Å². The van der Waals surface area contributed by atoms with Crippen molar-refractivity contribution in [3.05, 3.63) is 30.1 Å². The van der Waals surface area contributed by atoms with E-state index in [0.717, 1.165) is 19.5 Å². The Bertz CT molecular complexity index is 437. The molecule has 1 unspecified atom stereocenters. The van der Waals surface area contributed by atoms with E-state index in [0.29, 0.717) is 12.0 Å². The summed E-state index contributed by atoms with van der Waals surface area (Å²) in [5.41, 5.74) is 0.355. The molecule has 6 heteroatoms. The number of rotatable bonds is 3. The highest BCUT2D eigenvalue weighted by atomic mass is 16.5. The van der Waals surface area contributed by atoms with Gasteiger partial charge in [-0.05, 0) is 45.9 Å². The Hall–Kier alpha value is -1.95. The van der Waals surface area contributed by atoms with Crippen LogP contribution in [0, 0.1) is 0 Å². The number of pyridine rings is 1. The number of aromatic nitrogens is 1. The van der Waals surface area contributed by atoms with Crippen molar-refractivity contribution in [2.75, 3.05) is 13.1 Å². The molecule has 6 nitrogen and oxygen atoms in total. The highest BCUT2D eigenvalue weighted by Gasteiger charge is 2.17. The maximum absolute atomic E-state index is 11.6. The third-order valence-electron chi connectivity index (χ3n) is 2.74. The Balaban J connectivity index is 0.000000270. The van der Waals surface area contributed by atoms with Crippen LogP contribution < -0.4 is 10.6 Å². The molecule has 2 rings (SSSR count). The molecular formula is C15H23N3O3. The lowest BCUT2D eigenvalue weighted by Crippen LogP contribution is -2.36. The van der Waals surface area contributed by atoms with Gasteiger partial charge in [0.05, 0.1) is 0 Å². The summed E-state index contributed by atoms with van der Waals surface area (Å²) in [5, 5.41) is 6.17. The molecule has 1 aromatic rings. The van der Waals surface area contributed by atoms with Crippen molar-refractivity contribution in [1.82, 2.24) is 15.6 Å². The summed E-state index contributed by atoms with van der Waals surface area (Å²) >= 11 is 0. The largest absolute Gasteiger partial charge is 0.462 e. The van der Waals surface area contributed by atoms with Crippen LogP contribution in [0.1, 0.15) is 37.6 Å². The zero-order chi connectivity index (χ0) is 15.7. The summed E-state index contributed by atoms with van der Waals surface area (Å²) in [7, 11) is 0. The van der Waals surface area contributed by atoms with Crippen LogP contribution in [0.25, 0.3) is 0 Å². The van der Waals surface area contributed by atoms with E-state index in [-0.39, 0.29) is 17.6 Å². The molecule has 1 atom stereocenters. The van der Waals surface area contributed by atoms with Gasteiger partial charge in [-0.3, -0.25) is 14.6 Å². The first kappa shape index (κ1) is 17.1. The van der Waals surface area contributed by atoms with Crippen molar-refractivity contribution in [1.29, 1.82) is 0 Å². The van der Waals surface area contributed by atoms with Gasteiger partial charge < -0.3 is 15.4 Å². The van der Waals surface area contributed by atoms with Crippen LogP contribution >= 0.6 is 0 Å². The van der Waals surface area contributed by atoms with E-state index < -0.39 is 0 Å². The summed E-state index contributed by atoms with van der Waals surface area (Å²) in [5.74, 6) is -0.0129. The molecule has 1 fully saturated rings. The van der Waals surface area contributed by atoms with Crippen LogP contribution in [0.15, 0.2) is 24.5 Å². The van der Waals surface area contributed by atoms with Crippen LogP contribution in [-0.4, -0.2) is 42.1 Å². The lowest BCUT2D eigenvalue weighted by Gasteiger charge is -2.14. The van der Waals surface area contributed by atoms with E-state index in [2.05, 4.69) is 20.4 Å². The Morgan fingerprint density at radius 2 is 2.10 bits per heavy atom. The molecule has 1 aromatic heterocycles. The Kier molecular flexibility index (Phi) is 6.81. The van der Waals surface area contributed by atoms with Gasteiger partial charge in [-0.2, -0.15) is 0 Å². The molecule has 1 aliphatic heterocycles. The SMILES string of the molecule is CC(C)(C)OC=O.O=C(NC1CCNC1)c1ccncc1. The van der Waals surface area contributed by atoms with Crippen molar-refractivity contribution in [2.24, 2.45) is 0 Å². The number of nitrogens with zero attached hydrogens (tertiary/aromatic N) is 1. The fraction of sp³-hybridized carbons (Fsp3) is 0.533. The van der Waals surface area contributed by atoms with Gasteiger partial charge in [-0.15, -0.1) is 0 Å². The molecule has 21 heavy (non-hydrogen) atoms. The number of hydrogen-bond acceptors (Lipinski definition) is 5. The van der Waals surface area contributed by atoms with Crippen LogP contribution in [0.5, 0.6) is 0 Å². The predicted octanol–water partition coefficient (Wildman–Crippen LogP) is 1.13. The number of amides is 1. The van der Waals surface area contributed by atoms with E-state index in [4.69, 9.17) is 0 Å². The summed E-state index contributed by atoms with van der Waals surface area (Å²) in [6.07, 6.45) is 4.26. The molecule has 1 amide bonds. The van der Waals surface area contributed by atoms with Crippen molar-refractivity contribution >= 4 is 12.4 Å². The molecule has 0 radical (unpaired) electrons. The molecule has 0 aliphatic carbocycles. The van der Waals surface area contributed by atoms with Gasteiger partial charge in [0.1, 0.15) is 5.60 Å². The van der Waals surface area contributed by atoms with Crippen LogP contribution in [0.2, 0.25) is 0 Å². The first-order valence-electron chi connectivity index (χ1n) is 6.95. The normalized spacial score (nSPS) is 17.4. The molecule has 0 aromatic carbocycles. The van der Waals surface area contributed by atoms with E-state index in [1.165, 1.54) is 0 Å². The lowest BCUT2D eigenvalue weighted by atomic mass is 10.2. The predicted molar refractivity (Wildman–Crippen MR) is 79.9 cm³/mol. The molecule has 0 spiro atoms. The molecule has 0 bridgehead atoms. The molecule has 1 aliphatic rings. The third kappa shape index (κ3) is 7.41. The van der Waals surface area contributed by atoms with E-state index >= 15 is 0 Å². The monoisotopic (exact) mass is 293 g/mol. The first-order valence-corrected chi connectivity index (χ1v) is 6.95. The number of ether oxygens (including phenoxy) is 1. The minimum absolute atomic E-state index is 0.0129. The molecule has 2 heterocycles. The van der Waals surface area contributed by atoms with Crippen LogP contribution in [-0.2, 0) is 9.53 Å². The minimum Gasteiger partial charge on any atom is -0.462 e. The number of carbonyl (C=O) groups is 2. The molecular weight excluding hydrogens is 270 g/mol. The zero-order valence-corrected chi connectivity index (χ0v) is 12.8. The number of carbonyl (C=O) groups excluding carboxylic acids is 2. The average molecular weight is 293 g/mol. The van der Waals surface area contributed by atoms with Crippen LogP contribution in [0.4, 0.5) is 0 Å². The quantitative estimate of drug-likeness (QED) is 0.817. The highest BCUT2D eigenvalue weighted by molar-refractivity contribution is 5.94. The lowest BCUT2D eigenvalue weighted by molar-refractivity contribution is -0.138. The van der Waals surface area contributed by atoms with Crippen molar-refractivity contribution in [3.63, 3.8) is 0 Å². The maximum atomic E-state index is 11.6. The van der Waals surface area contributed by atoms with E-state index in [1.54, 1.807) is 24.5 Å². The summed E-state index contributed by atoms with van der Waals surface area (Å²) < 4.78 is 4.55. The molecule has 116 valence electrons. The van der Waals surface area contributed by atoms with Gasteiger partial charge >= 0.3 is 0 Å². The second kappa shape index (κ2) is 8.36. The second-order valence-corrected chi connectivity index (χ2v) is 5.73. The van der Waals surface area contributed by atoms with Gasteiger partial charge in [0, 0.05) is 30.5 Å². The van der Waals surface area contributed by atoms with Crippen molar-refractivity contribution < 1.29 is 14.3 Å². The number of hydrogen-bond donors (Lipinski definition) is 2. The average Bonchev–Trinajstić information content (AvgIpc) is 2.92. The smallest absolute Gasteiger partial charge is 0.293 e. The van der Waals surface area contributed by atoms with Crippen molar-refractivity contribution in [3.8, 4) is 0 Å². The maximum Gasteiger partial charge on any atom is 0.293 e. The summed E-state index contributed by atoms with van der Waals surface area (Å²) in [6, 6.07) is 3.71. The highest BCUT2D eigenvalue weighted by Crippen LogP contribution is 2.03. The second-order valence-electron chi connectivity index (χ2n) is 5.73. The van der Waals surface area contributed by atoms with Gasteiger partial charge in [0.2, 0.25) is 0 Å². The van der Waals surface area contributed by atoms with E-state index in [1.807, 2.05) is 20.8 Å². The standard InChI is InChI=1S/C10H13N3O.C5H10O2/c14-10(8-1-4-11-5-2-8)13-9-3-6-12-7-9;1-5(2,3)7-4-6/h1-2,4-5,9,12H,3,6-7H2,(H,13,14);4H,1-3H3. The summed E-state index contributed by atoms with van der Waals surface area (Å²) in [6.45, 7) is 7.78. The molecule has 1 saturated heterocycles. The van der Waals surface area contributed by atoms with Gasteiger partial charge in [0.15, 0.2) is 0 Å². The number of nitrogens with one attached hydrogen (secondary N) is 2. The fourth-order valence-electron chi connectivity index (χ4n) is 1.69. The van der Waals surface area contributed by atoms with Gasteiger partial charge in [-0.1, -0.05) is 0 Å². The topological polar surface area (TPSA) is 80.3 Å². The Morgan fingerprint density at radius 3 is 2.52 bits per heavy atom. The van der Waals surface area contributed by atoms with Crippen LogP contribution in [0.3, 0.4) is 0 Å². The Morgan fingerprint density at radius 1 is 1.43 bits per heavy atom. The minimum atomic E-state index is -0.318. The first-order chi connectivity index (χ1) is 9.92. The van der Waals surface area contributed by atoms with Gasteiger partial charge in [-0.25, -0.2) is 0 Å². The summed E-state index contributed by atoms with van der Waals surface area (Å²) in [4.78, 5) is 25.1. The fourth-order valence-corrected chi connectivity index (χ4v) is 1.69. The Labute approximate surface area is 125 Å².